The van der Waals surface area contributed by atoms with Crippen molar-refractivity contribution in [3.05, 3.63) is 0 Å². The summed E-state index contributed by atoms with van der Waals surface area (Å²) in [6.45, 7) is 2.29. The number of carbonyl (C=O) groups excluding carboxylic acids is 1. The molecule has 4 nitrogen and oxygen atoms in total. The van der Waals surface area contributed by atoms with E-state index in [-0.39, 0.29) is 5.91 Å². The average Bonchev–Trinajstić information content (AvgIpc) is 2.29. The fraction of sp³-hybridized carbons (Fsp3) is 0.923. The van der Waals surface area contributed by atoms with Gasteiger partial charge in [-0.15, -0.1) is 0 Å². The molecule has 0 aromatic heterocycles. The maximum absolute atomic E-state index is 12.3. The molecule has 0 radical (unpaired) electrons. The fourth-order valence-electron chi connectivity index (χ4n) is 2.92. The Morgan fingerprint density at radius 1 is 1.35 bits per heavy atom. The third-order valence-electron chi connectivity index (χ3n) is 4.20. The van der Waals surface area contributed by atoms with Crippen LogP contribution in [0.1, 0.15) is 32.1 Å². The Hall–Kier alpha value is -0.610. The summed E-state index contributed by atoms with van der Waals surface area (Å²) in [5.74, 6) is 0.866. The first-order valence-corrected chi connectivity index (χ1v) is 6.71. The maximum Gasteiger partial charge on any atom is 0.234 e. The van der Waals surface area contributed by atoms with Gasteiger partial charge in [0.25, 0.3) is 0 Å². The molecule has 2 fully saturated rings. The zero-order valence-corrected chi connectivity index (χ0v) is 10.8. The molecule has 0 aromatic carbocycles. The zero-order valence-electron chi connectivity index (χ0n) is 10.8. The molecule has 1 saturated heterocycles. The molecular formula is C13H24N2O2. The molecule has 0 bridgehead atoms. The molecule has 0 unspecified atom stereocenters. The number of ether oxygens (including phenoxy) is 1. The van der Waals surface area contributed by atoms with E-state index in [0.717, 1.165) is 6.54 Å². The molecule has 1 saturated carbocycles. The molecule has 1 heterocycles. The number of hydrogen-bond donors (Lipinski definition) is 1. The number of hydrogen-bond acceptors (Lipinski definition) is 3. The molecule has 17 heavy (non-hydrogen) atoms. The van der Waals surface area contributed by atoms with Crippen molar-refractivity contribution in [2.24, 2.45) is 17.1 Å². The minimum atomic E-state index is -0.413. The third-order valence-corrected chi connectivity index (χ3v) is 4.20. The third kappa shape index (κ3) is 2.63. The van der Waals surface area contributed by atoms with Crippen LogP contribution in [0, 0.1) is 11.3 Å². The van der Waals surface area contributed by atoms with Crippen LogP contribution in [0.3, 0.4) is 0 Å². The van der Waals surface area contributed by atoms with Gasteiger partial charge < -0.3 is 15.4 Å². The van der Waals surface area contributed by atoms with Gasteiger partial charge in [-0.05, 0) is 18.8 Å². The second-order valence-electron chi connectivity index (χ2n) is 5.67. The zero-order chi connectivity index (χ0) is 12.3. The van der Waals surface area contributed by atoms with Gasteiger partial charge in [-0.3, -0.25) is 4.79 Å². The second-order valence-corrected chi connectivity index (χ2v) is 5.67. The molecule has 2 N–H and O–H groups in total. The molecule has 1 aliphatic carbocycles. The van der Waals surface area contributed by atoms with E-state index in [1.165, 1.54) is 32.1 Å². The van der Waals surface area contributed by atoms with Crippen LogP contribution in [-0.4, -0.2) is 44.2 Å². The summed E-state index contributed by atoms with van der Waals surface area (Å²) >= 11 is 0. The molecule has 0 aromatic rings. The summed E-state index contributed by atoms with van der Waals surface area (Å²) in [6, 6.07) is 0. The van der Waals surface area contributed by atoms with Gasteiger partial charge in [0, 0.05) is 20.1 Å². The monoisotopic (exact) mass is 240 g/mol. The molecule has 2 rings (SSSR count). The SMILES string of the molecule is CN(CC1CCCCC1)C(=O)C1(CN)COC1. The maximum atomic E-state index is 12.3. The lowest BCUT2D eigenvalue weighted by Crippen LogP contribution is -2.58. The van der Waals surface area contributed by atoms with Gasteiger partial charge >= 0.3 is 0 Å². The van der Waals surface area contributed by atoms with Crippen LogP contribution in [-0.2, 0) is 9.53 Å². The average molecular weight is 240 g/mol. The highest BCUT2D eigenvalue weighted by Gasteiger charge is 2.46. The first kappa shape index (κ1) is 12.8. The number of nitrogens with two attached hydrogens (primary N) is 1. The summed E-state index contributed by atoms with van der Waals surface area (Å²) in [6.07, 6.45) is 6.53. The lowest BCUT2D eigenvalue weighted by molar-refractivity contribution is -0.169. The van der Waals surface area contributed by atoms with E-state index in [1.54, 1.807) is 0 Å². The normalized spacial score (nSPS) is 24.1. The van der Waals surface area contributed by atoms with Crippen LogP contribution >= 0.6 is 0 Å². The Balaban J connectivity index is 1.86. The van der Waals surface area contributed by atoms with E-state index in [0.29, 0.717) is 25.7 Å². The second kappa shape index (κ2) is 5.36. The van der Waals surface area contributed by atoms with Crippen LogP contribution < -0.4 is 5.73 Å². The molecule has 0 atom stereocenters. The topological polar surface area (TPSA) is 55.6 Å². The quantitative estimate of drug-likeness (QED) is 0.797. The summed E-state index contributed by atoms with van der Waals surface area (Å²) in [5, 5.41) is 0. The summed E-state index contributed by atoms with van der Waals surface area (Å²) < 4.78 is 5.16. The van der Waals surface area contributed by atoms with Crippen LogP contribution in [0.25, 0.3) is 0 Å². The molecule has 0 spiro atoms. The van der Waals surface area contributed by atoms with Crippen molar-refractivity contribution in [2.45, 2.75) is 32.1 Å². The molecular weight excluding hydrogens is 216 g/mol. The standard InChI is InChI=1S/C13H24N2O2/c1-15(7-11-5-3-2-4-6-11)12(16)13(8-14)9-17-10-13/h11H,2-10,14H2,1H3. The van der Waals surface area contributed by atoms with Gasteiger partial charge in [0.1, 0.15) is 5.41 Å². The first-order chi connectivity index (χ1) is 8.18. The summed E-state index contributed by atoms with van der Waals surface area (Å²) in [4.78, 5) is 14.2. The lowest BCUT2D eigenvalue weighted by atomic mass is 9.83. The van der Waals surface area contributed by atoms with Crippen molar-refractivity contribution in [1.29, 1.82) is 0 Å². The minimum absolute atomic E-state index is 0.178. The molecule has 98 valence electrons. The van der Waals surface area contributed by atoms with Crippen molar-refractivity contribution in [2.75, 3.05) is 33.4 Å². The van der Waals surface area contributed by atoms with E-state index in [4.69, 9.17) is 10.5 Å². The van der Waals surface area contributed by atoms with E-state index in [9.17, 15) is 4.79 Å². The smallest absolute Gasteiger partial charge is 0.234 e. The largest absolute Gasteiger partial charge is 0.379 e. The molecule has 1 aliphatic heterocycles. The van der Waals surface area contributed by atoms with Crippen LogP contribution in [0.5, 0.6) is 0 Å². The van der Waals surface area contributed by atoms with Crippen molar-refractivity contribution < 1.29 is 9.53 Å². The highest BCUT2D eigenvalue weighted by atomic mass is 16.5. The Labute approximate surface area is 103 Å². The summed E-state index contributed by atoms with van der Waals surface area (Å²) in [7, 11) is 1.91. The van der Waals surface area contributed by atoms with E-state index < -0.39 is 5.41 Å². The predicted octanol–water partition coefficient (Wildman–Crippen LogP) is 1.00. The lowest BCUT2D eigenvalue weighted by Gasteiger charge is -2.42. The highest BCUT2D eigenvalue weighted by Crippen LogP contribution is 2.30. The van der Waals surface area contributed by atoms with Crippen molar-refractivity contribution in [3.63, 3.8) is 0 Å². The van der Waals surface area contributed by atoms with Crippen LogP contribution in [0.2, 0.25) is 0 Å². The van der Waals surface area contributed by atoms with E-state index in [2.05, 4.69) is 0 Å². The summed E-state index contributed by atoms with van der Waals surface area (Å²) in [5.41, 5.74) is 5.30. The minimum Gasteiger partial charge on any atom is -0.379 e. The van der Waals surface area contributed by atoms with Gasteiger partial charge in [0.2, 0.25) is 5.91 Å². The van der Waals surface area contributed by atoms with Crippen molar-refractivity contribution in [3.8, 4) is 0 Å². The van der Waals surface area contributed by atoms with Crippen LogP contribution in [0.4, 0.5) is 0 Å². The van der Waals surface area contributed by atoms with Gasteiger partial charge in [-0.1, -0.05) is 19.3 Å². The molecule has 4 heteroatoms. The Bertz CT molecular complexity index is 265. The first-order valence-electron chi connectivity index (χ1n) is 6.71. The Kier molecular flexibility index (Phi) is 4.05. The van der Waals surface area contributed by atoms with E-state index >= 15 is 0 Å². The number of nitrogens with zero attached hydrogens (tertiary/aromatic N) is 1. The predicted molar refractivity (Wildman–Crippen MR) is 66.5 cm³/mol. The number of rotatable bonds is 4. The Morgan fingerprint density at radius 3 is 2.47 bits per heavy atom. The number of amides is 1. The molecule has 2 aliphatic rings. The Morgan fingerprint density at radius 2 is 2.00 bits per heavy atom. The highest BCUT2D eigenvalue weighted by molar-refractivity contribution is 5.84. The van der Waals surface area contributed by atoms with Gasteiger partial charge in [-0.2, -0.15) is 0 Å². The number of carbonyl (C=O) groups is 1. The van der Waals surface area contributed by atoms with Crippen LogP contribution in [0.15, 0.2) is 0 Å². The fourth-order valence-corrected chi connectivity index (χ4v) is 2.92. The van der Waals surface area contributed by atoms with Crippen molar-refractivity contribution >= 4 is 5.91 Å². The van der Waals surface area contributed by atoms with Crippen molar-refractivity contribution in [1.82, 2.24) is 4.90 Å². The van der Waals surface area contributed by atoms with E-state index in [1.807, 2.05) is 11.9 Å². The van der Waals surface area contributed by atoms with Gasteiger partial charge in [0.15, 0.2) is 0 Å². The molecule has 1 amide bonds. The van der Waals surface area contributed by atoms with Gasteiger partial charge in [-0.25, -0.2) is 0 Å². The van der Waals surface area contributed by atoms with Gasteiger partial charge in [0.05, 0.1) is 13.2 Å².